The molecular weight excluding hydrogens is 480 g/mol. The number of hydrogen-bond donors (Lipinski definition) is 0. The molecule has 2 aliphatic heterocycles. The summed E-state index contributed by atoms with van der Waals surface area (Å²) in [6, 6.07) is 23.1. The molecule has 2 aromatic carbocycles. The molecule has 0 atom stereocenters. The molecule has 1 aromatic heterocycles. The van der Waals surface area contributed by atoms with Crippen LogP contribution in [-0.2, 0) is 9.53 Å². The molecular formula is C29H34N6O3. The fraction of sp³-hybridized carbons (Fsp3) is 0.379. The highest BCUT2D eigenvalue weighted by Crippen LogP contribution is 2.19. The van der Waals surface area contributed by atoms with Crippen molar-refractivity contribution in [1.82, 2.24) is 24.9 Å². The Morgan fingerprint density at radius 3 is 2.13 bits per heavy atom. The number of amides is 2. The minimum Gasteiger partial charge on any atom is -0.379 e. The van der Waals surface area contributed by atoms with Crippen molar-refractivity contribution in [2.75, 3.05) is 77.0 Å². The van der Waals surface area contributed by atoms with Crippen LogP contribution >= 0.6 is 0 Å². The molecule has 0 saturated carbocycles. The van der Waals surface area contributed by atoms with Gasteiger partial charge < -0.3 is 19.4 Å². The lowest BCUT2D eigenvalue weighted by Gasteiger charge is -2.36. The van der Waals surface area contributed by atoms with E-state index < -0.39 is 0 Å². The van der Waals surface area contributed by atoms with Crippen LogP contribution in [0.3, 0.4) is 0 Å². The second kappa shape index (κ2) is 12.6. The molecule has 5 rings (SSSR count). The summed E-state index contributed by atoms with van der Waals surface area (Å²) < 4.78 is 5.44. The molecule has 2 amide bonds. The van der Waals surface area contributed by atoms with Crippen molar-refractivity contribution >= 4 is 17.6 Å². The lowest BCUT2D eigenvalue weighted by molar-refractivity contribution is -0.132. The number of nitrogens with zero attached hydrogens (tertiary/aromatic N) is 6. The number of piperazine rings is 1. The maximum atomic E-state index is 13.3. The first kappa shape index (κ1) is 25.8. The zero-order valence-corrected chi connectivity index (χ0v) is 21.6. The highest BCUT2D eigenvalue weighted by Gasteiger charge is 2.26. The van der Waals surface area contributed by atoms with Gasteiger partial charge in [-0.05, 0) is 24.3 Å². The number of anilines is 1. The Morgan fingerprint density at radius 2 is 1.47 bits per heavy atom. The standard InChI is InChI=1S/C29H34N6O3/c36-28(23-35(14-13-32-19-21-38-22-20-32)29(37)25-9-5-2-6-10-25)34-17-15-33(16-18-34)27-12-11-26(30-31-27)24-7-3-1-4-8-24/h1-12H,13-23H2. The summed E-state index contributed by atoms with van der Waals surface area (Å²) in [6.07, 6.45) is 0. The van der Waals surface area contributed by atoms with E-state index in [4.69, 9.17) is 4.74 Å². The lowest BCUT2D eigenvalue weighted by Crippen LogP contribution is -2.53. The van der Waals surface area contributed by atoms with E-state index >= 15 is 0 Å². The van der Waals surface area contributed by atoms with Gasteiger partial charge in [0.15, 0.2) is 5.82 Å². The molecule has 2 aliphatic rings. The molecule has 0 aliphatic carbocycles. The van der Waals surface area contributed by atoms with Gasteiger partial charge in [0.05, 0.1) is 18.9 Å². The minimum atomic E-state index is -0.111. The van der Waals surface area contributed by atoms with E-state index in [1.165, 1.54) is 0 Å². The van der Waals surface area contributed by atoms with E-state index in [0.29, 0.717) is 51.5 Å². The Kier molecular flexibility index (Phi) is 8.57. The van der Waals surface area contributed by atoms with Gasteiger partial charge in [-0.1, -0.05) is 48.5 Å². The third-order valence-corrected chi connectivity index (χ3v) is 7.10. The van der Waals surface area contributed by atoms with Crippen molar-refractivity contribution in [1.29, 1.82) is 0 Å². The third-order valence-electron chi connectivity index (χ3n) is 7.10. The van der Waals surface area contributed by atoms with Gasteiger partial charge in [0.2, 0.25) is 5.91 Å². The molecule has 9 nitrogen and oxygen atoms in total. The first-order valence-corrected chi connectivity index (χ1v) is 13.2. The number of ether oxygens (including phenoxy) is 1. The Bertz CT molecular complexity index is 1180. The normalized spacial score (nSPS) is 16.3. The van der Waals surface area contributed by atoms with Gasteiger partial charge in [-0.25, -0.2) is 0 Å². The third kappa shape index (κ3) is 6.54. The lowest BCUT2D eigenvalue weighted by atomic mass is 10.1. The van der Waals surface area contributed by atoms with Crippen LogP contribution in [0.5, 0.6) is 0 Å². The molecule has 0 unspecified atom stereocenters. The second-order valence-corrected chi connectivity index (χ2v) is 9.56. The van der Waals surface area contributed by atoms with Crippen LogP contribution < -0.4 is 4.90 Å². The van der Waals surface area contributed by atoms with Crippen molar-refractivity contribution in [3.05, 3.63) is 78.4 Å². The largest absolute Gasteiger partial charge is 0.379 e. The van der Waals surface area contributed by atoms with Crippen LogP contribution in [0.1, 0.15) is 10.4 Å². The Balaban J connectivity index is 1.17. The van der Waals surface area contributed by atoms with E-state index in [1.54, 1.807) is 17.0 Å². The van der Waals surface area contributed by atoms with E-state index in [9.17, 15) is 9.59 Å². The summed E-state index contributed by atoms with van der Waals surface area (Å²) in [5.41, 5.74) is 2.47. The molecule has 2 saturated heterocycles. The number of rotatable bonds is 8. The molecule has 0 spiro atoms. The number of benzene rings is 2. The van der Waals surface area contributed by atoms with Gasteiger partial charge in [0.25, 0.3) is 5.91 Å². The fourth-order valence-electron chi connectivity index (χ4n) is 4.81. The predicted molar refractivity (Wildman–Crippen MR) is 146 cm³/mol. The predicted octanol–water partition coefficient (Wildman–Crippen LogP) is 2.27. The minimum absolute atomic E-state index is 0.0265. The van der Waals surface area contributed by atoms with Gasteiger partial charge >= 0.3 is 0 Å². The quantitative estimate of drug-likeness (QED) is 0.456. The summed E-state index contributed by atoms with van der Waals surface area (Å²) >= 11 is 0. The first-order chi connectivity index (χ1) is 18.7. The molecule has 3 aromatic rings. The van der Waals surface area contributed by atoms with Crippen molar-refractivity contribution < 1.29 is 14.3 Å². The zero-order valence-electron chi connectivity index (χ0n) is 21.6. The molecule has 0 radical (unpaired) electrons. The number of carbonyl (C=O) groups is 2. The van der Waals surface area contributed by atoms with E-state index in [-0.39, 0.29) is 18.4 Å². The maximum absolute atomic E-state index is 13.3. The van der Waals surface area contributed by atoms with Gasteiger partial charge in [-0.15, -0.1) is 10.2 Å². The fourth-order valence-corrected chi connectivity index (χ4v) is 4.81. The van der Waals surface area contributed by atoms with Crippen molar-refractivity contribution in [2.45, 2.75) is 0 Å². The van der Waals surface area contributed by atoms with Crippen LogP contribution in [0.4, 0.5) is 5.82 Å². The molecule has 9 heteroatoms. The van der Waals surface area contributed by atoms with Crippen LogP contribution in [0.2, 0.25) is 0 Å². The average molecular weight is 515 g/mol. The van der Waals surface area contributed by atoms with Crippen LogP contribution in [0.25, 0.3) is 11.3 Å². The Labute approximate surface area is 223 Å². The first-order valence-electron chi connectivity index (χ1n) is 13.2. The van der Waals surface area contributed by atoms with Crippen molar-refractivity contribution in [2.24, 2.45) is 0 Å². The van der Waals surface area contributed by atoms with E-state index in [2.05, 4.69) is 20.0 Å². The monoisotopic (exact) mass is 514 g/mol. The van der Waals surface area contributed by atoms with Crippen LogP contribution in [0.15, 0.2) is 72.8 Å². The summed E-state index contributed by atoms with van der Waals surface area (Å²) in [5, 5.41) is 8.83. The highest BCUT2D eigenvalue weighted by atomic mass is 16.5. The topological polar surface area (TPSA) is 82.1 Å². The molecule has 3 heterocycles. The molecule has 0 bridgehead atoms. The number of hydrogen-bond acceptors (Lipinski definition) is 7. The zero-order chi connectivity index (χ0) is 26.2. The summed E-state index contributed by atoms with van der Waals surface area (Å²) in [7, 11) is 0. The van der Waals surface area contributed by atoms with Gasteiger partial charge in [-0.2, -0.15) is 0 Å². The molecule has 2 fully saturated rings. The Hall–Kier alpha value is -3.82. The average Bonchev–Trinajstić information content (AvgIpc) is 3.00. The summed E-state index contributed by atoms with van der Waals surface area (Å²) in [5.74, 6) is 0.671. The highest BCUT2D eigenvalue weighted by molar-refractivity contribution is 5.96. The van der Waals surface area contributed by atoms with Gasteiger partial charge in [0, 0.05) is 63.5 Å². The van der Waals surface area contributed by atoms with Gasteiger partial charge in [0.1, 0.15) is 6.54 Å². The van der Waals surface area contributed by atoms with E-state index in [1.807, 2.05) is 65.6 Å². The SMILES string of the molecule is O=C(CN(CCN1CCOCC1)C(=O)c1ccccc1)N1CCN(c2ccc(-c3ccccc3)nn2)CC1. The second-order valence-electron chi connectivity index (χ2n) is 9.56. The summed E-state index contributed by atoms with van der Waals surface area (Å²) in [6.45, 7) is 6.90. The summed E-state index contributed by atoms with van der Waals surface area (Å²) in [4.78, 5) is 34.6. The smallest absolute Gasteiger partial charge is 0.254 e. The number of morpholine rings is 1. The molecule has 38 heavy (non-hydrogen) atoms. The molecule has 0 N–H and O–H groups in total. The van der Waals surface area contributed by atoms with Crippen LogP contribution in [-0.4, -0.2) is 109 Å². The maximum Gasteiger partial charge on any atom is 0.254 e. The number of carbonyl (C=O) groups excluding carboxylic acids is 2. The molecule has 198 valence electrons. The van der Waals surface area contributed by atoms with Crippen molar-refractivity contribution in [3.63, 3.8) is 0 Å². The number of aromatic nitrogens is 2. The van der Waals surface area contributed by atoms with Gasteiger partial charge in [-0.3, -0.25) is 14.5 Å². The van der Waals surface area contributed by atoms with Crippen molar-refractivity contribution in [3.8, 4) is 11.3 Å². The van der Waals surface area contributed by atoms with Crippen LogP contribution in [0, 0.1) is 0 Å². The Morgan fingerprint density at radius 1 is 0.789 bits per heavy atom. The van der Waals surface area contributed by atoms with E-state index in [0.717, 1.165) is 36.7 Å².